The summed E-state index contributed by atoms with van der Waals surface area (Å²) in [4.78, 5) is 10.1. The van der Waals surface area contributed by atoms with Crippen molar-refractivity contribution in [2.45, 2.75) is 24.6 Å². The first-order valence-corrected chi connectivity index (χ1v) is 3.94. The van der Waals surface area contributed by atoms with Crippen LogP contribution < -0.4 is 0 Å². The molecule has 1 atom stereocenters. The van der Waals surface area contributed by atoms with Gasteiger partial charge in [-0.25, -0.2) is 4.79 Å². The van der Waals surface area contributed by atoms with Crippen LogP contribution in [0.15, 0.2) is 0 Å². The SMILES string of the molecule is O=C(O)OC1(C(F)(F)F)CCCOC1. The van der Waals surface area contributed by atoms with E-state index in [2.05, 4.69) is 9.47 Å². The number of hydrogen-bond acceptors (Lipinski definition) is 3. The summed E-state index contributed by atoms with van der Waals surface area (Å²) in [6.07, 6.45) is -6.92. The number of rotatable bonds is 1. The fourth-order valence-electron chi connectivity index (χ4n) is 1.30. The number of hydrogen-bond donors (Lipinski definition) is 1. The van der Waals surface area contributed by atoms with Gasteiger partial charge in [0.25, 0.3) is 0 Å². The number of carbonyl (C=O) groups is 1. The second-order valence-corrected chi connectivity index (χ2v) is 3.02. The molecular formula is C7H9F3O4. The molecule has 0 spiro atoms. The van der Waals surface area contributed by atoms with Gasteiger partial charge in [0.1, 0.15) is 0 Å². The van der Waals surface area contributed by atoms with Crippen LogP contribution in [0.4, 0.5) is 18.0 Å². The Hall–Kier alpha value is -0.980. The van der Waals surface area contributed by atoms with E-state index in [9.17, 15) is 18.0 Å². The maximum atomic E-state index is 12.5. The number of carboxylic acid groups (broad SMARTS) is 1. The van der Waals surface area contributed by atoms with E-state index >= 15 is 0 Å². The van der Waals surface area contributed by atoms with Crippen molar-refractivity contribution in [3.05, 3.63) is 0 Å². The standard InChI is InChI=1S/C7H9F3O4/c8-7(9,10)6(14-5(11)12)2-1-3-13-4-6/h1-4H2,(H,11,12). The highest BCUT2D eigenvalue weighted by Crippen LogP contribution is 2.39. The molecule has 0 radical (unpaired) electrons. The summed E-state index contributed by atoms with van der Waals surface area (Å²) in [6.45, 7) is -0.566. The molecule has 1 rings (SSSR count). The van der Waals surface area contributed by atoms with E-state index in [1.54, 1.807) is 0 Å². The molecule has 4 nitrogen and oxygen atoms in total. The fourth-order valence-corrected chi connectivity index (χ4v) is 1.30. The van der Waals surface area contributed by atoms with Crippen molar-refractivity contribution < 1.29 is 32.5 Å². The molecule has 7 heteroatoms. The summed E-state index contributed by atoms with van der Waals surface area (Å²) in [5, 5.41) is 8.22. The van der Waals surface area contributed by atoms with E-state index in [1.807, 2.05) is 0 Å². The number of halogens is 3. The molecule has 1 aliphatic heterocycles. The maximum Gasteiger partial charge on any atom is 0.506 e. The van der Waals surface area contributed by atoms with Gasteiger partial charge in [-0.15, -0.1) is 0 Å². The molecule has 1 fully saturated rings. The zero-order valence-electron chi connectivity index (χ0n) is 7.13. The van der Waals surface area contributed by atoms with Gasteiger partial charge in [-0.3, -0.25) is 0 Å². The molecule has 1 heterocycles. The molecule has 0 aromatic rings. The third kappa shape index (κ3) is 2.09. The van der Waals surface area contributed by atoms with Crippen LogP contribution in [0, 0.1) is 0 Å². The Bertz CT molecular complexity index is 219. The van der Waals surface area contributed by atoms with Crippen molar-refractivity contribution in [1.82, 2.24) is 0 Å². The lowest BCUT2D eigenvalue weighted by molar-refractivity contribution is -0.288. The van der Waals surface area contributed by atoms with Crippen LogP contribution in [-0.4, -0.2) is 36.3 Å². The average molecular weight is 214 g/mol. The lowest BCUT2D eigenvalue weighted by Gasteiger charge is -2.36. The van der Waals surface area contributed by atoms with E-state index in [1.165, 1.54) is 0 Å². The van der Waals surface area contributed by atoms with Gasteiger partial charge in [0, 0.05) is 13.0 Å². The minimum Gasteiger partial charge on any atom is -0.450 e. The van der Waals surface area contributed by atoms with E-state index < -0.39 is 24.5 Å². The first kappa shape index (κ1) is 11.1. The fraction of sp³-hybridized carbons (Fsp3) is 0.857. The highest BCUT2D eigenvalue weighted by atomic mass is 19.4. The van der Waals surface area contributed by atoms with Crippen LogP contribution in [0.2, 0.25) is 0 Å². The Kier molecular flexibility index (Phi) is 2.89. The van der Waals surface area contributed by atoms with E-state index in [0.29, 0.717) is 0 Å². The number of ether oxygens (including phenoxy) is 2. The van der Waals surface area contributed by atoms with Crippen LogP contribution in [-0.2, 0) is 9.47 Å². The summed E-state index contributed by atoms with van der Waals surface area (Å²) < 4.78 is 46.0. The molecule has 1 unspecified atom stereocenters. The predicted molar refractivity (Wildman–Crippen MR) is 37.9 cm³/mol. The van der Waals surface area contributed by atoms with Crippen LogP contribution in [0.3, 0.4) is 0 Å². The summed E-state index contributed by atoms with van der Waals surface area (Å²) in [5.41, 5.74) is -2.68. The topological polar surface area (TPSA) is 55.8 Å². The predicted octanol–water partition coefficient (Wildman–Crippen LogP) is 1.79. The third-order valence-electron chi connectivity index (χ3n) is 2.00. The molecule has 0 saturated carbocycles. The summed E-state index contributed by atoms with van der Waals surface area (Å²) >= 11 is 0. The quantitative estimate of drug-likeness (QED) is 0.676. The van der Waals surface area contributed by atoms with Gasteiger partial charge in [0.15, 0.2) is 0 Å². The molecule has 0 aliphatic carbocycles. The van der Waals surface area contributed by atoms with E-state index in [4.69, 9.17) is 5.11 Å². The van der Waals surface area contributed by atoms with Crippen molar-refractivity contribution in [2.75, 3.05) is 13.2 Å². The average Bonchev–Trinajstić information content (AvgIpc) is 2.02. The molecule has 82 valence electrons. The molecule has 0 bridgehead atoms. The monoisotopic (exact) mass is 214 g/mol. The van der Waals surface area contributed by atoms with E-state index in [-0.39, 0.29) is 19.4 Å². The molecule has 1 saturated heterocycles. The van der Waals surface area contributed by atoms with Crippen LogP contribution in [0.25, 0.3) is 0 Å². The lowest BCUT2D eigenvalue weighted by atomic mass is 9.96. The molecule has 0 aromatic heterocycles. The van der Waals surface area contributed by atoms with Gasteiger partial charge in [0.2, 0.25) is 5.60 Å². The highest BCUT2D eigenvalue weighted by Gasteiger charge is 2.59. The molecule has 1 aliphatic rings. The minimum absolute atomic E-state index is 0.132. The Labute approximate surface area is 77.6 Å². The number of alkyl halides is 3. The molecule has 0 aromatic carbocycles. The van der Waals surface area contributed by atoms with Gasteiger partial charge < -0.3 is 14.6 Å². The lowest BCUT2D eigenvalue weighted by Crippen LogP contribution is -2.54. The minimum atomic E-state index is -4.73. The Balaban J connectivity index is 2.83. The Morgan fingerprint density at radius 1 is 1.50 bits per heavy atom. The van der Waals surface area contributed by atoms with Crippen molar-refractivity contribution in [2.24, 2.45) is 0 Å². The van der Waals surface area contributed by atoms with Gasteiger partial charge in [-0.05, 0) is 6.42 Å². The molecular weight excluding hydrogens is 205 g/mol. The van der Waals surface area contributed by atoms with Gasteiger partial charge >= 0.3 is 12.3 Å². The Morgan fingerprint density at radius 2 is 2.14 bits per heavy atom. The summed E-state index contributed by atoms with van der Waals surface area (Å²) in [7, 11) is 0. The van der Waals surface area contributed by atoms with Crippen LogP contribution in [0.5, 0.6) is 0 Å². The first-order valence-electron chi connectivity index (χ1n) is 3.94. The summed E-state index contributed by atoms with van der Waals surface area (Å²) in [6, 6.07) is 0. The zero-order valence-corrected chi connectivity index (χ0v) is 7.13. The van der Waals surface area contributed by atoms with Crippen molar-refractivity contribution in [1.29, 1.82) is 0 Å². The molecule has 14 heavy (non-hydrogen) atoms. The Morgan fingerprint density at radius 3 is 2.50 bits per heavy atom. The zero-order chi connectivity index (χ0) is 10.8. The van der Waals surface area contributed by atoms with Crippen molar-refractivity contribution >= 4 is 6.16 Å². The van der Waals surface area contributed by atoms with Crippen LogP contribution >= 0.6 is 0 Å². The van der Waals surface area contributed by atoms with Gasteiger partial charge in [-0.1, -0.05) is 0 Å². The third-order valence-corrected chi connectivity index (χ3v) is 2.00. The van der Waals surface area contributed by atoms with Crippen molar-refractivity contribution in [3.63, 3.8) is 0 Å². The van der Waals surface area contributed by atoms with E-state index in [0.717, 1.165) is 0 Å². The van der Waals surface area contributed by atoms with Crippen molar-refractivity contribution in [3.8, 4) is 0 Å². The maximum absolute atomic E-state index is 12.5. The largest absolute Gasteiger partial charge is 0.506 e. The first-order chi connectivity index (χ1) is 6.37. The molecule has 1 N–H and O–H groups in total. The smallest absolute Gasteiger partial charge is 0.450 e. The summed E-state index contributed by atoms with van der Waals surface area (Å²) in [5.74, 6) is 0. The second kappa shape index (κ2) is 3.64. The second-order valence-electron chi connectivity index (χ2n) is 3.02. The van der Waals surface area contributed by atoms with Gasteiger partial charge in [-0.2, -0.15) is 13.2 Å². The normalized spacial score (nSPS) is 28.5. The van der Waals surface area contributed by atoms with Gasteiger partial charge in [0.05, 0.1) is 6.61 Å². The van der Waals surface area contributed by atoms with Crippen LogP contribution in [0.1, 0.15) is 12.8 Å². The molecule has 0 amide bonds. The highest BCUT2D eigenvalue weighted by molar-refractivity contribution is 5.57.